The number of thioether (sulfide) groups is 1. The van der Waals surface area contributed by atoms with E-state index in [4.69, 9.17) is 4.74 Å². The van der Waals surface area contributed by atoms with Crippen LogP contribution in [-0.2, 0) is 32.1 Å². The molecule has 2 aliphatic heterocycles. The first-order valence-electron chi connectivity index (χ1n) is 9.32. The number of hydrogen-bond acceptors (Lipinski definition) is 5. The summed E-state index contributed by atoms with van der Waals surface area (Å²) < 4.78 is 5.37. The molecule has 148 valence electrons. The number of amides is 2. The van der Waals surface area contributed by atoms with Gasteiger partial charge in [-0.05, 0) is 17.2 Å². The van der Waals surface area contributed by atoms with Gasteiger partial charge in [0.25, 0.3) is 5.91 Å². The number of β-lactam (4-membered cyclic amide) rings is 1. The molecule has 2 aliphatic rings. The second-order valence-electron chi connectivity index (χ2n) is 6.79. The number of ether oxygens (including phenoxy) is 1. The van der Waals surface area contributed by atoms with Gasteiger partial charge in [0, 0.05) is 5.75 Å². The first-order chi connectivity index (χ1) is 14.1. The van der Waals surface area contributed by atoms with E-state index in [0.29, 0.717) is 5.75 Å². The smallest absolute Gasteiger partial charge is 0.355 e. The molecule has 7 heteroatoms. The standard InChI is InChI=1S/C22H20N2O4S/c25-18(13-15-7-3-1-4-8-15)23-19-20(26)24-17(11-12-29-21(19)24)22(27)28-14-16-9-5-2-6-10-16/h1-11,19,21H,12-14H2,(H,23,25). The van der Waals surface area contributed by atoms with Crippen molar-refractivity contribution in [3.63, 3.8) is 0 Å². The fraction of sp³-hybridized carbons (Fsp3) is 0.227. The molecule has 0 aromatic heterocycles. The lowest BCUT2D eigenvalue weighted by molar-refractivity contribution is -0.153. The maximum absolute atomic E-state index is 12.6. The SMILES string of the molecule is O=C(Cc1ccccc1)NC1C(=O)N2C(C(=O)OCc3ccccc3)=CCSC12. The predicted molar refractivity (Wildman–Crippen MR) is 109 cm³/mol. The molecule has 2 aromatic carbocycles. The van der Waals surface area contributed by atoms with Gasteiger partial charge in [0.2, 0.25) is 5.91 Å². The van der Waals surface area contributed by atoms with Crippen LogP contribution in [0.3, 0.4) is 0 Å². The van der Waals surface area contributed by atoms with Gasteiger partial charge in [-0.3, -0.25) is 14.5 Å². The average Bonchev–Trinajstić information content (AvgIpc) is 2.76. The molecule has 0 saturated carbocycles. The second kappa shape index (κ2) is 8.53. The van der Waals surface area contributed by atoms with Gasteiger partial charge in [-0.25, -0.2) is 4.79 Å². The van der Waals surface area contributed by atoms with Gasteiger partial charge in [-0.15, -0.1) is 11.8 Å². The van der Waals surface area contributed by atoms with Crippen LogP contribution in [-0.4, -0.2) is 39.9 Å². The fourth-order valence-corrected chi connectivity index (χ4v) is 4.53. The van der Waals surface area contributed by atoms with Crippen molar-refractivity contribution >= 4 is 29.5 Å². The summed E-state index contributed by atoms with van der Waals surface area (Å²) in [6, 6.07) is 18.1. The number of hydrogen-bond donors (Lipinski definition) is 1. The Morgan fingerprint density at radius 1 is 1.03 bits per heavy atom. The van der Waals surface area contributed by atoms with Gasteiger partial charge in [0.15, 0.2) is 0 Å². The number of nitrogens with one attached hydrogen (secondary N) is 1. The first kappa shape index (κ1) is 19.3. The van der Waals surface area contributed by atoms with Crippen LogP contribution in [0.2, 0.25) is 0 Å². The van der Waals surface area contributed by atoms with Gasteiger partial charge >= 0.3 is 5.97 Å². The van der Waals surface area contributed by atoms with E-state index in [1.165, 1.54) is 16.7 Å². The molecular formula is C22H20N2O4S. The third-order valence-electron chi connectivity index (χ3n) is 4.79. The maximum Gasteiger partial charge on any atom is 0.355 e. The van der Waals surface area contributed by atoms with E-state index in [1.54, 1.807) is 6.08 Å². The molecule has 2 heterocycles. The lowest BCUT2D eigenvalue weighted by Crippen LogP contribution is -2.70. The molecule has 0 bridgehead atoms. The summed E-state index contributed by atoms with van der Waals surface area (Å²) in [5.74, 6) is -0.444. The highest BCUT2D eigenvalue weighted by Crippen LogP contribution is 2.37. The van der Waals surface area contributed by atoms with E-state index in [0.717, 1.165) is 11.1 Å². The summed E-state index contributed by atoms with van der Waals surface area (Å²) in [6.07, 6.45) is 1.91. The molecule has 2 amide bonds. The zero-order valence-corrected chi connectivity index (χ0v) is 16.4. The van der Waals surface area contributed by atoms with Crippen molar-refractivity contribution in [3.8, 4) is 0 Å². The van der Waals surface area contributed by atoms with Crippen LogP contribution in [0.15, 0.2) is 72.4 Å². The van der Waals surface area contributed by atoms with Crippen LogP contribution < -0.4 is 5.32 Å². The van der Waals surface area contributed by atoms with E-state index in [-0.39, 0.29) is 35.9 Å². The van der Waals surface area contributed by atoms with Gasteiger partial charge in [-0.1, -0.05) is 60.7 Å². The molecular weight excluding hydrogens is 388 g/mol. The molecule has 2 unspecified atom stereocenters. The molecule has 2 aromatic rings. The zero-order chi connectivity index (χ0) is 20.2. The fourth-order valence-electron chi connectivity index (χ4n) is 3.33. The first-order valence-corrected chi connectivity index (χ1v) is 10.4. The van der Waals surface area contributed by atoms with E-state index in [1.807, 2.05) is 60.7 Å². The van der Waals surface area contributed by atoms with Crippen molar-refractivity contribution in [1.29, 1.82) is 0 Å². The summed E-state index contributed by atoms with van der Waals surface area (Å²) in [6.45, 7) is 0.147. The Labute approximate surface area is 172 Å². The summed E-state index contributed by atoms with van der Waals surface area (Å²) in [5, 5.41) is 2.52. The Balaban J connectivity index is 1.35. The summed E-state index contributed by atoms with van der Waals surface area (Å²) in [5.41, 5.74) is 2.02. The van der Waals surface area contributed by atoms with E-state index < -0.39 is 12.0 Å². The number of rotatable bonds is 6. The predicted octanol–water partition coefficient (Wildman–Crippen LogP) is 2.26. The normalized spacial score (nSPS) is 20.2. The zero-order valence-electron chi connectivity index (χ0n) is 15.6. The minimum Gasteiger partial charge on any atom is -0.456 e. The highest BCUT2D eigenvalue weighted by Gasteiger charge is 2.52. The lowest BCUT2D eigenvalue weighted by Gasteiger charge is -2.48. The molecule has 2 atom stereocenters. The van der Waals surface area contributed by atoms with Crippen LogP contribution in [0, 0.1) is 0 Å². The van der Waals surface area contributed by atoms with Gasteiger partial charge in [0.1, 0.15) is 23.7 Å². The molecule has 0 spiro atoms. The lowest BCUT2D eigenvalue weighted by atomic mass is 10.0. The van der Waals surface area contributed by atoms with E-state index >= 15 is 0 Å². The van der Waals surface area contributed by atoms with Crippen molar-refractivity contribution in [1.82, 2.24) is 10.2 Å². The Hall–Kier alpha value is -3.06. The quantitative estimate of drug-likeness (QED) is 0.586. The molecule has 1 saturated heterocycles. The minimum atomic E-state index is -0.623. The maximum atomic E-state index is 12.6. The molecule has 0 radical (unpaired) electrons. The summed E-state index contributed by atoms with van der Waals surface area (Å²) >= 11 is 1.51. The Morgan fingerprint density at radius 2 is 1.69 bits per heavy atom. The Kier molecular flexibility index (Phi) is 5.67. The van der Waals surface area contributed by atoms with Crippen LogP contribution in [0.5, 0.6) is 0 Å². The van der Waals surface area contributed by atoms with Crippen LogP contribution in [0.25, 0.3) is 0 Å². The molecule has 0 aliphatic carbocycles. The monoisotopic (exact) mass is 408 g/mol. The van der Waals surface area contributed by atoms with E-state index in [9.17, 15) is 14.4 Å². The van der Waals surface area contributed by atoms with Crippen molar-refractivity contribution in [3.05, 3.63) is 83.6 Å². The number of carbonyl (C=O) groups excluding carboxylic acids is 3. The highest BCUT2D eigenvalue weighted by molar-refractivity contribution is 8.00. The van der Waals surface area contributed by atoms with E-state index in [2.05, 4.69) is 5.32 Å². The van der Waals surface area contributed by atoms with Crippen molar-refractivity contribution in [2.24, 2.45) is 0 Å². The molecule has 29 heavy (non-hydrogen) atoms. The van der Waals surface area contributed by atoms with Crippen molar-refractivity contribution < 1.29 is 19.1 Å². The van der Waals surface area contributed by atoms with Crippen molar-refractivity contribution in [2.45, 2.75) is 24.4 Å². The number of nitrogens with zero attached hydrogens (tertiary/aromatic N) is 1. The second-order valence-corrected chi connectivity index (χ2v) is 7.94. The summed E-state index contributed by atoms with van der Waals surface area (Å²) in [7, 11) is 0. The molecule has 6 nitrogen and oxygen atoms in total. The largest absolute Gasteiger partial charge is 0.456 e. The topological polar surface area (TPSA) is 75.7 Å². The third kappa shape index (κ3) is 4.19. The van der Waals surface area contributed by atoms with Gasteiger partial charge in [-0.2, -0.15) is 0 Å². The number of fused-ring (bicyclic) bond motifs is 1. The number of esters is 1. The Bertz CT molecular complexity index is 946. The van der Waals surface area contributed by atoms with Gasteiger partial charge in [0.05, 0.1) is 6.42 Å². The third-order valence-corrected chi connectivity index (χ3v) is 5.98. The summed E-state index contributed by atoms with van der Waals surface area (Å²) in [4.78, 5) is 38.9. The number of carbonyl (C=O) groups is 3. The minimum absolute atomic E-state index is 0.147. The average molecular weight is 408 g/mol. The Morgan fingerprint density at radius 3 is 2.38 bits per heavy atom. The van der Waals surface area contributed by atoms with Crippen molar-refractivity contribution in [2.75, 3.05) is 5.75 Å². The van der Waals surface area contributed by atoms with Crippen LogP contribution in [0.1, 0.15) is 11.1 Å². The van der Waals surface area contributed by atoms with Crippen LogP contribution >= 0.6 is 11.8 Å². The molecule has 1 fully saturated rings. The van der Waals surface area contributed by atoms with Crippen LogP contribution in [0.4, 0.5) is 0 Å². The molecule has 1 N–H and O–H groups in total. The molecule has 4 rings (SSSR count). The van der Waals surface area contributed by atoms with Gasteiger partial charge < -0.3 is 10.1 Å². The number of benzene rings is 2. The highest BCUT2D eigenvalue weighted by atomic mass is 32.2.